The van der Waals surface area contributed by atoms with Crippen LogP contribution in [0.3, 0.4) is 0 Å². The summed E-state index contributed by atoms with van der Waals surface area (Å²) in [4.78, 5) is 18.2. The fourth-order valence-corrected chi connectivity index (χ4v) is 3.07. The molecular weight excluding hydrogens is 410 g/mol. The Morgan fingerprint density at radius 2 is 1.91 bits per heavy atom. The monoisotopic (exact) mass is 449 g/mol. The smallest absolute Gasteiger partial charge is 0.407 e. The third-order valence-electron chi connectivity index (χ3n) is 4.68. The van der Waals surface area contributed by atoms with Crippen LogP contribution >= 0.6 is 0 Å². The number of alkyl carbamates (subject to hydrolysis) is 1. The molecule has 1 amide bonds. The number of carbonyl (C=O) groups excluding carboxylic acids is 1. The van der Waals surface area contributed by atoms with Crippen molar-refractivity contribution in [1.29, 1.82) is 0 Å². The highest BCUT2D eigenvalue weighted by Gasteiger charge is 2.15. The average molecular weight is 450 g/mol. The molecular formula is C23H39N5O4. The predicted octanol–water partition coefficient (Wildman–Crippen LogP) is 1.98. The Morgan fingerprint density at radius 3 is 2.62 bits per heavy atom. The van der Waals surface area contributed by atoms with Crippen molar-refractivity contribution < 1.29 is 19.0 Å². The lowest BCUT2D eigenvalue weighted by atomic mass is 10.2. The molecule has 9 heteroatoms. The van der Waals surface area contributed by atoms with Gasteiger partial charge in [0, 0.05) is 46.3 Å². The van der Waals surface area contributed by atoms with Crippen molar-refractivity contribution in [3.05, 3.63) is 29.8 Å². The van der Waals surface area contributed by atoms with Crippen molar-refractivity contribution in [2.75, 3.05) is 59.6 Å². The first-order chi connectivity index (χ1) is 15.4. The number of nitrogens with zero attached hydrogens (tertiary/aromatic N) is 2. The molecule has 0 atom stereocenters. The molecule has 0 saturated carbocycles. The van der Waals surface area contributed by atoms with E-state index in [2.05, 4.69) is 31.9 Å². The lowest BCUT2D eigenvalue weighted by Crippen LogP contribution is -2.39. The van der Waals surface area contributed by atoms with Gasteiger partial charge in [0.05, 0.1) is 13.2 Å². The number of nitrogens with one attached hydrogen (secondary N) is 3. The van der Waals surface area contributed by atoms with Gasteiger partial charge in [-0.1, -0.05) is 12.1 Å². The van der Waals surface area contributed by atoms with Crippen LogP contribution < -0.4 is 20.7 Å². The van der Waals surface area contributed by atoms with Crippen LogP contribution in [0.2, 0.25) is 0 Å². The van der Waals surface area contributed by atoms with Gasteiger partial charge in [-0.2, -0.15) is 0 Å². The van der Waals surface area contributed by atoms with Crippen molar-refractivity contribution in [3.8, 4) is 5.75 Å². The van der Waals surface area contributed by atoms with Crippen molar-refractivity contribution in [3.63, 3.8) is 0 Å². The molecule has 180 valence electrons. The number of benzene rings is 1. The zero-order valence-electron chi connectivity index (χ0n) is 19.9. The second-order valence-corrected chi connectivity index (χ2v) is 8.58. The largest absolute Gasteiger partial charge is 0.492 e. The normalized spacial score (nSPS) is 15.2. The molecule has 32 heavy (non-hydrogen) atoms. The number of ether oxygens (including phenoxy) is 3. The summed E-state index contributed by atoms with van der Waals surface area (Å²) < 4.78 is 16.5. The quantitative estimate of drug-likeness (QED) is 0.286. The zero-order valence-corrected chi connectivity index (χ0v) is 19.9. The highest BCUT2D eigenvalue weighted by molar-refractivity contribution is 5.79. The molecule has 0 spiro atoms. The molecule has 0 unspecified atom stereocenters. The molecule has 9 nitrogen and oxygen atoms in total. The number of hydrogen-bond donors (Lipinski definition) is 3. The minimum Gasteiger partial charge on any atom is -0.492 e. The van der Waals surface area contributed by atoms with Gasteiger partial charge in [-0.15, -0.1) is 0 Å². The van der Waals surface area contributed by atoms with E-state index in [1.54, 1.807) is 7.05 Å². The van der Waals surface area contributed by atoms with Gasteiger partial charge >= 0.3 is 6.09 Å². The van der Waals surface area contributed by atoms with E-state index in [-0.39, 0.29) is 0 Å². The Bertz CT molecular complexity index is 715. The molecule has 1 aromatic rings. The van der Waals surface area contributed by atoms with Crippen molar-refractivity contribution in [2.24, 2.45) is 4.99 Å². The maximum absolute atomic E-state index is 11.6. The number of morpholine rings is 1. The number of aliphatic imine (C=N–C) groups is 1. The summed E-state index contributed by atoms with van der Waals surface area (Å²) in [6.45, 7) is 12.5. The summed E-state index contributed by atoms with van der Waals surface area (Å²) in [7, 11) is 1.74. The lowest BCUT2D eigenvalue weighted by molar-refractivity contribution is 0.0322. The van der Waals surface area contributed by atoms with E-state index in [1.165, 1.54) is 0 Å². The van der Waals surface area contributed by atoms with Crippen LogP contribution in [0.25, 0.3) is 0 Å². The molecule has 1 heterocycles. The Labute approximate surface area is 191 Å². The molecule has 0 aromatic heterocycles. The van der Waals surface area contributed by atoms with Gasteiger partial charge in [-0.3, -0.25) is 9.89 Å². The second-order valence-electron chi connectivity index (χ2n) is 8.58. The van der Waals surface area contributed by atoms with Crippen LogP contribution in [0.5, 0.6) is 5.75 Å². The van der Waals surface area contributed by atoms with E-state index >= 15 is 0 Å². The summed E-state index contributed by atoms with van der Waals surface area (Å²) >= 11 is 0. The maximum atomic E-state index is 11.6. The third kappa shape index (κ3) is 11.2. The number of hydrogen-bond acceptors (Lipinski definition) is 6. The molecule has 2 rings (SSSR count). The number of amides is 1. The van der Waals surface area contributed by atoms with Crippen LogP contribution in [-0.4, -0.2) is 82.1 Å². The Hall–Kier alpha value is -2.52. The maximum Gasteiger partial charge on any atom is 0.407 e. The van der Waals surface area contributed by atoms with Gasteiger partial charge in [-0.05, 0) is 44.9 Å². The van der Waals surface area contributed by atoms with Crippen LogP contribution in [0, 0.1) is 0 Å². The first-order valence-corrected chi connectivity index (χ1v) is 11.3. The fourth-order valence-electron chi connectivity index (χ4n) is 3.07. The number of carbonyl (C=O) groups is 1. The van der Waals surface area contributed by atoms with Crippen LogP contribution in [0.15, 0.2) is 29.3 Å². The number of rotatable bonds is 10. The van der Waals surface area contributed by atoms with Crippen molar-refractivity contribution in [2.45, 2.75) is 39.3 Å². The van der Waals surface area contributed by atoms with Crippen LogP contribution in [0.4, 0.5) is 4.79 Å². The highest BCUT2D eigenvalue weighted by atomic mass is 16.6. The van der Waals surface area contributed by atoms with E-state index in [0.717, 1.165) is 50.6 Å². The molecule has 1 fully saturated rings. The van der Waals surface area contributed by atoms with Gasteiger partial charge in [0.15, 0.2) is 5.96 Å². The first kappa shape index (κ1) is 25.7. The van der Waals surface area contributed by atoms with E-state index < -0.39 is 11.7 Å². The molecule has 1 aromatic carbocycles. The predicted molar refractivity (Wildman–Crippen MR) is 126 cm³/mol. The molecule has 0 bridgehead atoms. The molecule has 1 saturated heterocycles. The zero-order chi connectivity index (χ0) is 23.2. The van der Waals surface area contributed by atoms with Gasteiger partial charge < -0.3 is 30.2 Å². The van der Waals surface area contributed by atoms with Crippen molar-refractivity contribution in [1.82, 2.24) is 20.9 Å². The number of guanidine groups is 1. The van der Waals surface area contributed by atoms with Gasteiger partial charge in [0.25, 0.3) is 0 Å². The Kier molecular flexibility index (Phi) is 11.1. The summed E-state index contributed by atoms with van der Waals surface area (Å²) in [6, 6.07) is 8.08. The van der Waals surface area contributed by atoms with E-state index in [0.29, 0.717) is 32.2 Å². The summed E-state index contributed by atoms with van der Waals surface area (Å²) in [5, 5.41) is 9.30. The Balaban J connectivity index is 1.62. The minimum atomic E-state index is -0.487. The SMILES string of the molecule is CN=C(NCCCNC(=O)OC(C)(C)C)NCc1cccc(OCCN2CCOCC2)c1. The minimum absolute atomic E-state index is 0.396. The average Bonchev–Trinajstić information content (AvgIpc) is 2.75. The molecule has 1 aliphatic heterocycles. The summed E-state index contributed by atoms with van der Waals surface area (Å²) in [5.74, 6) is 1.58. The molecule has 0 aliphatic carbocycles. The van der Waals surface area contributed by atoms with Gasteiger partial charge in [0.1, 0.15) is 18.0 Å². The van der Waals surface area contributed by atoms with Crippen LogP contribution in [-0.2, 0) is 16.0 Å². The highest BCUT2D eigenvalue weighted by Crippen LogP contribution is 2.13. The molecule has 1 aliphatic rings. The topological polar surface area (TPSA) is 96.5 Å². The first-order valence-electron chi connectivity index (χ1n) is 11.3. The molecule has 3 N–H and O–H groups in total. The van der Waals surface area contributed by atoms with E-state index in [9.17, 15) is 4.79 Å². The van der Waals surface area contributed by atoms with Crippen molar-refractivity contribution >= 4 is 12.1 Å². The fraction of sp³-hybridized carbons (Fsp3) is 0.652. The van der Waals surface area contributed by atoms with Gasteiger partial charge in [0.2, 0.25) is 0 Å². The Morgan fingerprint density at radius 1 is 1.16 bits per heavy atom. The second kappa shape index (κ2) is 13.8. The lowest BCUT2D eigenvalue weighted by Gasteiger charge is -2.26. The standard InChI is InChI=1S/C23H39N5O4/c1-23(2,3)32-22(29)26-10-6-9-25-21(24-4)27-18-19-7-5-8-20(17-19)31-16-13-28-11-14-30-15-12-28/h5,7-8,17H,6,9-16,18H2,1-4H3,(H,26,29)(H2,24,25,27). The summed E-state index contributed by atoms with van der Waals surface area (Å²) in [6.07, 6.45) is 0.360. The molecule has 0 radical (unpaired) electrons. The third-order valence-corrected chi connectivity index (χ3v) is 4.68. The summed E-state index contributed by atoms with van der Waals surface area (Å²) in [5.41, 5.74) is 0.628. The van der Waals surface area contributed by atoms with E-state index in [4.69, 9.17) is 14.2 Å². The van der Waals surface area contributed by atoms with E-state index in [1.807, 2.05) is 39.0 Å². The van der Waals surface area contributed by atoms with Crippen LogP contribution in [0.1, 0.15) is 32.8 Å². The van der Waals surface area contributed by atoms with Gasteiger partial charge in [-0.25, -0.2) is 4.79 Å².